The van der Waals surface area contributed by atoms with Crippen LogP contribution in [0.25, 0.3) is 0 Å². The zero-order valence-corrected chi connectivity index (χ0v) is 19.6. The number of piperidine rings is 1. The van der Waals surface area contributed by atoms with Crippen molar-refractivity contribution < 1.29 is 28.6 Å². The normalized spacial score (nSPS) is 16.4. The molecule has 1 saturated heterocycles. The van der Waals surface area contributed by atoms with E-state index in [1.165, 1.54) is 0 Å². The average Bonchev–Trinajstić information content (AvgIpc) is 2.83. The number of carbonyl (C=O) groups excluding carboxylic acids is 3. The highest BCUT2D eigenvalue weighted by atomic mass is 16.5. The largest absolute Gasteiger partial charge is 0.497 e. The molecule has 2 aliphatic heterocycles. The molecular weight excluding hydrogens is 436 g/mol. The molecule has 0 aliphatic carbocycles. The van der Waals surface area contributed by atoms with Gasteiger partial charge >= 0.3 is 0 Å². The van der Waals surface area contributed by atoms with Gasteiger partial charge in [0.15, 0.2) is 12.4 Å². The fourth-order valence-corrected chi connectivity index (χ4v) is 4.41. The molecular formula is C26H30N2O6. The third-order valence-corrected chi connectivity index (χ3v) is 6.45. The Labute approximate surface area is 199 Å². The van der Waals surface area contributed by atoms with Crippen molar-refractivity contribution in [3.63, 3.8) is 0 Å². The fraction of sp³-hybridized carbons (Fsp3) is 0.423. The van der Waals surface area contributed by atoms with E-state index in [1.807, 2.05) is 24.3 Å². The molecule has 1 N–H and O–H groups in total. The van der Waals surface area contributed by atoms with Crippen LogP contribution in [0.5, 0.6) is 17.2 Å². The molecule has 0 bridgehead atoms. The number of Topliss-reactive ketones (excluding diaryl/α,β-unsaturated/α-hetero) is 1. The first-order chi connectivity index (χ1) is 16.4. The average molecular weight is 467 g/mol. The summed E-state index contributed by atoms with van der Waals surface area (Å²) >= 11 is 0. The Morgan fingerprint density at radius 2 is 1.79 bits per heavy atom. The van der Waals surface area contributed by atoms with E-state index in [9.17, 15) is 14.4 Å². The summed E-state index contributed by atoms with van der Waals surface area (Å²) in [6.45, 7) is 3.07. The Bertz CT molecular complexity index is 1060. The number of amides is 2. The van der Waals surface area contributed by atoms with Crippen LogP contribution in [-0.2, 0) is 16.0 Å². The van der Waals surface area contributed by atoms with Crippen molar-refractivity contribution in [3.8, 4) is 17.2 Å². The van der Waals surface area contributed by atoms with E-state index in [0.717, 1.165) is 11.3 Å². The minimum Gasteiger partial charge on any atom is -0.497 e. The zero-order valence-electron chi connectivity index (χ0n) is 19.6. The van der Waals surface area contributed by atoms with Crippen molar-refractivity contribution in [2.45, 2.75) is 38.2 Å². The molecule has 0 atom stereocenters. The topological polar surface area (TPSA) is 94.2 Å². The highest BCUT2D eigenvalue weighted by molar-refractivity contribution is 6.00. The molecule has 2 aromatic carbocycles. The molecule has 0 unspecified atom stereocenters. The maximum absolute atomic E-state index is 12.8. The molecule has 8 heteroatoms. The molecule has 34 heavy (non-hydrogen) atoms. The van der Waals surface area contributed by atoms with Crippen molar-refractivity contribution in [3.05, 3.63) is 53.6 Å². The predicted octanol–water partition coefficient (Wildman–Crippen LogP) is 2.78. The van der Waals surface area contributed by atoms with E-state index >= 15 is 0 Å². The van der Waals surface area contributed by atoms with Gasteiger partial charge in [-0.3, -0.25) is 14.4 Å². The SMILES string of the molecule is COc1ccc(CCNC(=O)COc2ccc3c(c2)OC2(CCN(C(C)=O)CC2)CC3=O)cc1. The summed E-state index contributed by atoms with van der Waals surface area (Å²) in [7, 11) is 1.62. The summed E-state index contributed by atoms with van der Waals surface area (Å²) in [5.41, 5.74) is 1.03. The summed E-state index contributed by atoms with van der Waals surface area (Å²) in [6, 6.07) is 12.8. The van der Waals surface area contributed by atoms with Gasteiger partial charge in [-0.05, 0) is 36.2 Å². The number of methoxy groups -OCH3 is 1. The molecule has 180 valence electrons. The number of benzene rings is 2. The van der Waals surface area contributed by atoms with Gasteiger partial charge in [-0.1, -0.05) is 12.1 Å². The first-order valence-corrected chi connectivity index (χ1v) is 11.5. The smallest absolute Gasteiger partial charge is 0.257 e. The lowest BCUT2D eigenvalue weighted by atomic mass is 9.82. The first kappa shape index (κ1) is 23.6. The van der Waals surface area contributed by atoms with Gasteiger partial charge in [0.05, 0.1) is 19.1 Å². The Morgan fingerprint density at radius 3 is 2.47 bits per heavy atom. The van der Waals surface area contributed by atoms with Crippen molar-refractivity contribution in [1.29, 1.82) is 0 Å². The lowest BCUT2D eigenvalue weighted by molar-refractivity contribution is -0.132. The van der Waals surface area contributed by atoms with E-state index < -0.39 is 5.60 Å². The van der Waals surface area contributed by atoms with Crippen LogP contribution in [0.2, 0.25) is 0 Å². The number of hydrogen-bond donors (Lipinski definition) is 1. The number of likely N-dealkylation sites (tertiary alicyclic amines) is 1. The first-order valence-electron chi connectivity index (χ1n) is 11.5. The number of fused-ring (bicyclic) bond motifs is 1. The minimum atomic E-state index is -0.590. The molecule has 0 aromatic heterocycles. The van der Waals surface area contributed by atoms with Crippen LogP contribution in [0.3, 0.4) is 0 Å². The highest BCUT2D eigenvalue weighted by Gasteiger charge is 2.43. The molecule has 0 radical (unpaired) electrons. The highest BCUT2D eigenvalue weighted by Crippen LogP contribution is 2.40. The summed E-state index contributed by atoms with van der Waals surface area (Å²) in [4.78, 5) is 38.4. The Balaban J connectivity index is 1.29. The second kappa shape index (κ2) is 10.2. The number of nitrogens with zero attached hydrogens (tertiary/aromatic N) is 1. The van der Waals surface area contributed by atoms with E-state index in [-0.39, 0.29) is 24.2 Å². The summed E-state index contributed by atoms with van der Waals surface area (Å²) in [6.07, 6.45) is 2.23. The lowest BCUT2D eigenvalue weighted by Crippen LogP contribution is -2.51. The van der Waals surface area contributed by atoms with Crippen LogP contribution in [0.4, 0.5) is 0 Å². The van der Waals surface area contributed by atoms with E-state index in [1.54, 1.807) is 37.1 Å². The van der Waals surface area contributed by atoms with Crippen LogP contribution in [0.15, 0.2) is 42.5 Å². The van der Waals surface area contributed by atoms with Crippen LogP contribution >= 0.6 is 0 Å². The van der Waals surface area contributed by atoms with Gasteiger partial charge < -0.3 is 24.4 Å². The second-order valence-electron chi connectivity index (χ2n) is 8.79. The van der Waals surface area contributed by atoms with Gasteiger partial charge in [-0.2, -0.15) is 0 Å². The second-order valence-corrected chi connectivity index (χ2v) is 8.79. The van der Waals surface area contributed by atoms with Crippen molar-refractivity contribution in [1.82, 2.24) is 10.2 Å². The summed E-state index contributed by atoms with van der Waals surface area (Å²) in [5.74, 6) is 1.58. The van der Waals surface area contributed by atoms with Gasteiger partial charge in [0.1, 0.15) is 22.8 Å². The summed E-state index contributed by atoms with van der Waals surface area (Å²) < 4.78 is 17.1. The number of nitrogens with one attached hydrogen (secondary N) is 1. The van der Waals surface area contributed by atoms with Crippen molar-refractivity contribution >= 4 is 17.6 Å². The monoisotopic (exact) mass is 466 g/mol. The number of ketones is 1. The number of rotatable bonds is 7. The number of ether oxygens (including phenoxy) is 3. The molecule has 1 spiro atoms. The van der Waals surface area contributed by atoms with Crippen LogP contribution in [-0.4, -0.2) is 61.4 Å². The molecule has 2 aliphatic rings. The minimum absolute atomic E-state index is 0.0281. The van der Waals surface area contributed by atoms with Crippen molar-refractivity contribution in [2.24, 2.45) is 0 Å². The third kappa shape index (κ3) is 5.50. The third-order valence-electron chi connectivity index (χ3n) is 6.45. The van der Waals surface area contributed by atoms with Crippen LogP contribution in [0, 0.1) is 0 Å². The fourth-order valence-electron chi connectivity index (χ4n) is 4.41. The van der Waals surface area contributed by atoms with Crippen molar-refractivity contribution in [2.75, 3.05) is 33.4 Å². The molecule has 2 heterocycles. The maximum atomic E-state index is 12.8. The van der Waals surface area contributed by atoms with Gasteiger partial charge in [-0.15, -0.1) is 0 Å². The van der Waals surface area contributed by atoms with Crippen LogP contribution in [0.1, 0.15) is 42.1 Å². The molecule has 1 fully saturated rings. The number of carbonyl (C=O) groups is 3. The Kier molecular flexibility index (Phi) is 7.05. The molecule has 8 nitrogen and oxygen atoms in total. The zero-order chi connectivity index (χ0) is 24.1. The molecule has 4 rings (SSSR count). The van der Waals surface area contributed by atoms with Gasteiger partial charge in [0.25, 0.3) is 5.91 Å². The van der Waals surface area contributed by atoms with Gasteiger partial charge in [0.2, 0.25) is 5.91 Å². The molecule has 0 saturated carbocycles. The van der Waals surface area contributed by atoms with E-state index in [4.69, 9.17) is 14.2 Å². The Hall–Kier alpha value is -3.55. The lowest BCUT2D eigenvalue weighted by Gasteiger charge is -2.43. The molecule has 2 amide bonds. The predicted molar refractivity (Wildman–Crippen MR) is 125 cm³/mol. The van der Waals surface area contributed by atoms with Gasteiger partial charge in [0, 0.05) is 45.5 Å². The number of hydrogen-bond acceptors (Lipinski definition) is 6. The standard InChI is InChI=1S/C26H30N2O6/c1-18(29)28-13-10-26(11-14-28)16-23(30)22-8-7-21(15-24(22)34-26)33-17-25(31)27-12-9-19-3-5-20(32-2)6-4-19/h3-8,15H,9-14,16-17H2,1-2H3,(H,27,31). The summed E-state index contributed by atoms with van der Waals surface area (Å²) in [5, 5.41) is 2.85. The van der Waals surface area contributed by atoms with Gasteiger partial charge in [-0.25, -0.2) is 0 Å². The van der Waals surface area contributed by atoms with Crippen LogP contribution < -0.4 is 19.5 Å². The quantitative estimate of drug-likeness (QED) is 0.675. The maximum Gasteiger partial charge on any atom is 0.257 e. The molecule has 2 aromatic rings. The van der Waals surface area contributed by atoms with E-state index in [0.29, 0.717) is 62.4 Å². The van der Waals surface area contributed by atoms with E-state index in [2.05, 4.69) is 5.32 Å². The Morgan fingerprint density at radius 1 is 1.09 bits per heavy atom.